The fourth-order valence-electron chi connectivity index (χ4n) is 2.54. The molecule has 0 bridgehead atoms. The average Bonchev–Trinajstić information content (AvgIpc) is 2.66. The topological polar surface area (TPSA) is 170 Å². The van der Waals surface area contributed by atoms with Gasteiger partial charge in [-0.25, -0.2) is 0 Å². The van der Waals surface area contributed by atoms with Gasteiger partial charge in [0, 0.05) is 32.7 Å². The second-order valence-electron chi connectivity index (χ2n) is 7.17. The number of nitrogens with zero attached hydrogens (tertiary/aromatic N) is 1. The minimum atomic E-state index is -0.964. The fourth-order valence-corrected chi connectivity index (χ4v) is 2.54. The van der Waals surface area contributed by atoms with Crippen molar-refractivity contribution in [3.05, 3.63) is 0 Å². The Labute approximate surface area is 174 Å². The summed E-state index contributed by atoms with van der Waals surface area (Å²) in [6, 6.07) is 0.207. The number of nitrogens with two attached hydrogens (primary N) is 3. The predicted octanol–water partition coefficient (Wildman–Crippen LogP) is -0.478. The highest BCUT2D eigenvalue weighted by molar-refractivity contribution is 5.86. The number of ether oxygens (including phenoxy) is 1. The maximum Gasteiger partial charge on any atom is 0.270 e. The Morgan fingerprint density at radius 1 is 1.00 bits per heavy atom. The molecular formula is C19H41N7O3. The van der Waals surface area contributed by atoms with Gasteiger partial charge in [0.1, 0.15) is 0 Å². The Kier molecular flexibility index (Phi) is 16.9. The van der Waals surface area contributed by atoms with Gasteiger partial charge in [-0.05, 0) is 52.1 Å². The van der Waals surface area contributed by atoms with Gasteiger partial charge in [-0.2, -0.15) is 0 Å². The Balaban J connectivity index is 3.76. The van der Waals surface area contributed by atoms with E-state index in [2.05, 4.69) is 20.9 Å². The van der Waals surface area contributed by atoms with Gasteiger partial charge in [0.05, 0.1) is 0 Å². The van der Waals surface area contributed by atoms with E-state index in [1.807, 2.05) is 6.92 Å². The lowest BCUT2D eigenvalue weighted by molar-refractivity contribution is -0.139. The predicted molar refractivity (Wildman–Crippen MR) is 116 cm³/mol. The molecule has 0 aliphatic heterocycles. The van der Waals surface area contributed by atoms with Crippen LogP contribution in [0.15, 0.2) is 4.99 Å². The number of hydrogen-bond donors (Lipinski definition) is 6. The van der Waals surface area contributed by atoms with E-state index < -0.39 is 6.23 Å². The lowest BCUT2D eigenvalue weighted by atomic mass is 10.1. The molecule has 0 aromatic rings. The number of guanidine groups is 1. The van der Waals surface area contributed by atoms with E-state index in [1.54, 1.807) is 0 Å². The smallest absolute Gasteiger partial charge is 0.270 e. The maximum absolute atomic E-state index is 12.1. The quantitative estimate of drug-likeness (QED) is 0.0760. The van der Waals surface area contributed by atoms with Crippen molar-refractivity contribution in [3.8, 4) is 0 Å². The Morgan fingerprint density at radius 2 is 1.69 bits per heavy atom. The van der Waals surface area contributed by atoms with E-state index in [1.165, 1.54) is 7.11 Å². The summed E-state index contributed by atoms with van der Waals surface area (Å²) < 4.78 is 5.09. The molecule has 0 spiro atoms. The first-order chi connectivity index (χ1) is 13.9. The Bertz CT molecular complexity index is 469. The van der Waals surface area contributed by atoms with Crippen LogP contribution in [0.3, 0.4) is 0 Å². The largest absolute Gasteiger partial charge is 0.370 e. The summed E-state index contributed by atoms with van der Waals surface area (Å²) in [6.45, 7) is 4.92. The second-order valence-corrected chi connectivity index (χ2v) is 7.17. The van der Waals surface area contributed by atoms with E-state index in [0.29, 0.717) is 19.5 Å². The van der Waals surface area contributed by atoms with Crippen LogP contribution >= 0.6 is 0 Å². The zero-order valence-electron chi connectivity index (χ0n) is 18.0. The zero-order valence-corrected chi connectivity index (χ0v) is 18.0. The van der Waals surface area contributed by atoms with Crippen LogP contribution in [-0.4, -0.2) is 63.3 Å². The highest BCUT2D eigenvalue weighted by Crippen LogP contribution is 2.03. The van der Waals surface area contributed by atoms with E-state index >= 15 is 0 Å². The number of aliphatic imine (C=N–C) groups is 1. The molecule has 0 rings (SSSR count). The fraction of sp³-hybridized carbons (Fsp3) is 0.842. The molecule has 0 fully saturated rings. The van der Waals surface area contributed by atoms with E-state index in [-0.39, 0.29) is 23.8 Å². The molecule has 10 nitrogen and oxygen atoms in total. The van der Waals surface area contributed by atoms with Crippen LogP contribution in [0.5, 0.6) is 0 Å². The van der Waals surface area contributed by atoms with Crippen LogP contribution in [0, 0.1) is 0 Å². The first-order valence-electron chi connectivity index (χ1n) is 10.5. The van der Waals surface area contributed by atoms with Crippen molar-refractivity contribution in [1.82, 2.24) is 16.0 Å². The Morgan fingerprint density at radius 3 is 2.34 bits per heavy atom. The summed E-state index contributed by atoms with van der Waals surface area (Å²) in [7, 11) is 1.40. The number of nitrogens with one attached hydrogen (secondary N) is 3. The summed E-state index contributed by atoms with van der Waals surface area (Å²) in [4.78, 5) is 28.0. The van der Waals surface area contributed by atoms with Crippen molar-refractivity contribution in [2.75, 3.05) is 33.3 Å². The average molecular weight is 416 g/mol. The van der Waals surface area contributed by atoms with E-state index in [9.17, 15) is 9.59 Å². The summed E-state index contributed by atoms with van der Waals surface area (Å²) in [5.41, 5.74) is 16.2. The van der Waals surface area contributed by atoms with Crippen LogP contribution < -0.4 is 33.2 Å². The lowest BCUT2D eigenvalue weighted by Crippen LogP contribution is -2.48. The molecule has 29 heavy (non-hydrogen) atoms. The van der Waals surface area contributed by atoms with Gasteiger partial charge in [-0.1, -0.05) is 12.8 Å². The third kappa shape index (κ3) is 17.9. The van der Waals surface area contributed by atoms with Crippen LogP contribution in [-0.2, 0) is 14.3 Å². The van der Waals surface area contributed by atoms with Crippen molar-refractivity contribution in [2.45, 2.75) is 70.6 Å². The second kappa shape index (κ2) is 18.1. The first kappa shape index (κ1) is 27.1. The van der Waals surface area contributed by atoms with Crippen molar-refractivity contribution in [1.29, 1.82) is 0 Å². The van der Waals surface area contributed by atoms with Gasteiger partial charge in [0.25, 0.3) is 5.91 Å². The van der Waals surface area contributed by atoms with Crippen LogP contribution in [0.25, 0.3) is 0 Å². The maximum atomic E-state index is 12.1. The molecule has 0 saturated heterocycles. The molecule has 2 unspecified atom stereocenters. The Hall–Kier alpha value is -1.91. The standard InChI is InChI=1S/C19H41N7O3/c1-15(20)10-14-23-11-7-8-12-24-17(28)18(29-2)26-16(27)9-5-3-4-6-13-25-19(21)22/h15,18,23H,3-14,20H2,1-2H3,(H,24,28)(H,26,27)(H4,21,22,25). The normalized spacial score (nSPS) is 12.8. The number of rotatable bonds is 18. The SMILES string of the molecule is COC(NC(=O)CCCCCCN=C(N)N)C(=O)NCCCCNCCC(C)N. The minimum Gasteiger partial charge on any atom is -0.370 e. The van der Waals surface area contributed by atoms with Gasteiger partial charge in [-0.15, -0.1) is 0 Å². The molecule has 0 saturated carbocycles. The lowest BCUT2D eigenvalue weighted by Gasteiger charge is -2.17. The van der Waals surface area contributed by atoms with Gasteiger partial charge < -0.3 is 37.9 Å². The molecule has 0 aromatic heterocycles. The van der Waals surface area contributed by atoms with E-state index in [0.717, 1.165) is 58.0 Å². The highest BCUT2D eigenvalue weighted by Gasteiger charge is 2.19. The molecule has 0 aromatic carbocycles. The molecule has 0 aliphatic rings. The van der Waals surface area contributed by atoms with Crippen molar-refractivity contribution in [2.24, 2.45) is 22.2 Å². The summed E-state index contributed by atoms with van der Waals surface area (Å²) >= 11 is 0. The molecule has 170 valence electrons. The molecule has 9 N–H and O–H groups in total. The molecule has 0 aliphatic carbocycles. The van der Waals surface area contributed by atoms with Crippen LogP contribution in [0.1, 0.15) is 58.3 Å². The number of amides is 2. The monoisotopic (exact) mass is 415 g/mol. The molecular weight excluding hydrogens is 374 g/mol. The van der Waals surface area contributed by atoms with Crippen molar-refractivity contribution < 1.29 is 14.3 Å². The number of carbonyl (C=O) groups is 2. The molecule has 2 atom stereocenters. The summed E-state index contributed by atoms with van der Waals surface area (Å²) in [5, 5.41) is 8.71. The van der Waals surface area contributed by atoms with Gasteiger partial charge in [0.15, 0.2) is 5.96 Å². The number of unbranched alkanes of at least 4 members (excludes halogenated alkanes) is 4. The third-order valence-electron chi connectivity index (χ3n) is 4.23. The number of carbonyl (C=O) groups excluding carboxylic acids is 2. The number of methoxy groups -OCH3 is 1. The van der Waals surface area contributed by atoms with Gasteiger partial charge in [-0.3, -0.25) is 14.6 Å². The summed E-state index contributed by atoms with van der Waals surface area (Å²) in [6.07, 6.45) is 5.59. The summed E-state index contributed by atoms with van der Waals surface area (Å²) in [5.74, 6) is -0.431. The minimum absolute atomic E-state index is 0.0992. The third-order valence-corrected chi connectivity index (χ3v) is 4.23. The van der Waals surface area contributed by atoms with Crippen LogP contribution in [0.4, 0.5) is 0 Å². The molecule has 2 amide bonds. The molecule has 0 heterocycles. The zero-order chi connectivity index (χ0) is 21.9. The van der Waals surface area contributed by atoms with E-state index in [4.69, 9.17) is 21.9 Å². The molecule has 0 radical (unpaired) electrons. The highest BCUT2D eigenvalue weighted by atomic mass is 16.5. The van der Waals surface area contributed by atoms with Crippen molar-refractivity contribution in [3.63, 3.8) is 0 Å². The van der Waals surface area contributed by atoms with Crippen molar-refractivity contribution >= 4 is 17.8 Å². The van der Waals surface area contributed by atoms with Crippen LogP contribution in [0.2, 0.25) is 0 Å². The number of hydrogen-bond acceptors (Lipinski definition) is 6. The molecule has 10 heteroatoms. The first-order valence-corrected chi connectivity index (χ1v) is 10.5. The van der Waals surface area contributed by atoms with Gasteiger partial charge >= 0.3 is 0 Å². The van der Waals surface area contributed by atoms with Gasteiger partial charge in [0.2, 0.25) is 12.1 Å².